The minimum Gasteiger partial charge on any atom is -0.379 e. The molecule has 17 heavy (non-hydrogen) atoms. The minimum atomic E-state index is -0.0514. The molecule has 1 amide bonds. The molecule has 0 aromatic carbocycles. The molecule has 2 saturated heterocycles. The molecule has 2 rings (SSSR count). The number of carbonyl (C=O) groups is 1. The van der Waals surface area contributed by atoms with Crippen molar-refractivity contribution in [1.29, 1.82) is 0 Å². The summed E-state index contributed by atoms with van der Waals surface area (Å²) in [6, 6.07) is 0.151. The highest BCUT2D eigenvalue weighted by Crippen LogP contribution is 2.15. The Morgan fingerprint density at radius 2 is 2.29 bits per heavy atom. The Bertz CT molecular complexity index is 254. The van der Waals surface area contributed by atoms with Crippen molar-refractivity contribution in [1.82, 2.24) is 10.6 Å². The van der Waals surface area contributed by atoms with Crippen molar-refractivity contribution in [3.8, 4) is 0 Å². The molecule has 0 aromatic heterocycles. The highest BCUT2D eigenvalue weighted by atomic mass is 16.5. The van der Waals surface area contributed by atoms with Gasteiger partial charge in [-0.15, -0.1) is 0 Å². The van der Waals surface area contributed by atoms with Crippen molar-refractivity contribution >= 4 is 5.91 Å². The summed E-state index contributed by atoms with van der Waals surface area (Å²) in [5.41, 5.74) is 0. The van der Waals surface area contributed by atoms with Gasteiger partial charge in [-0.2, -0.15) is 0 Å². The molecule has 98 valence electrons. The van der Waals surface area contributed by atoms with Crippen LogP contribution in [-0.2, 0) is 14.3 Å². The quantitative estimate of drug-likeness (QED) is 0.707. The monoisotopic (exact) mass is 242 g/mol. The maximum absolute atomic E-state index is 11.9. The summed E-state index contributed by atoms with van der Waals surface area (Å²) >= 11 is 0. The molecule has 2 heterocycles. The topological polar surface area (TPSA) is 59.6 Å². The van der Waals surface area contributed by atoms with Gasteiger partial charge in [0.05, 0.1) is 25.2 Å². The molecule has 0 aromatic rings. The Balaban J connectivity index is 1.66. The van der Waals surface area contributed by atoms with Crippen LogP contribution in [0.5, 0.6) is 0 Å². The molecule has 0 saturated carbocycles. The lowest BCUT2D eigenvalue weighted by molar-refractivity contribution is -0.125. The van der Waals surface area contributed by atoms with Crippen LogP contribution in [0.15, 0.2) is 0 Å². The first kappa shape index (κ1) is 12.8. The van der Waals surface area contributed by atoms with Crippen molar-refractivity contribution in [3.05, 3.63) is 0 Å². The number of rotatable bonds is 5. The van der Waals surface area contributed by atoms with Crippen LogP contribution in [0, 0.1) is 5.92 Å². The Hall–Kier alpha value is -0.650. The number of hydrogen-bond acceptors (Lipinski definition) is 4. The summed E-state index contributed by atoms with van der Waals surface area (Å²) in [6.07, 6.45) is 3.54. The zero-order valence-electron chi connectivity index (χ0n) is 10.4. The lowest BCUT2D eigenvalue weighted by Crippen LogP contribution is -2.43. The maximum atomic E-state index is 11.9. The Kier molecular flexibility index (Phi) is 4.76. The first-order valence-electron chi connectivity index (χ1n) is 6.45. The van der Waals surface area contributed by atoms with Gasteiger partial charge in [0.15, 0.2) is 0 Å². The van der Waals surface area contributed by atoms with Crippen LogP contribution >= 0.6 is 0 Å². The van der Waals surface area contributed by atoms with Gasteiger partial charge in [-0.3, -0.25) is 4.79 Å². The van der Waals surface area contributed by atoms with Crippen molar-refractivity contribution in [2.45, 2.75) is 31.4 Å². The summed E-state index contributed by atoms with van der Waals surface area (Å²) in [4.78, 5) is 11.9. The van der Waals surface area contributed by atoms with E-state index in [9.17, 15) is 4.79 Å². The largest absolute Gasteiger partial charge is 0.379 e. The summed E-state index contributed by atoms with van der Waals surface area (Å²) in [5, 5.41) is 6.09. The van der Waals surface area contributed by atoms with E-state index in [0.29, 0.717) is 25.9 Å². The van der Waals surface area contributed by atoms with Gasteiger partial charge >= 0.3 is 0 Å². The van der Waals surface area contributed by atoms with Gasteiger partial charge in [0.1, 0.15) is 0 Å². The van der Waals surface area contributed by atoms with E-state index in [1.807, 2.05) is 7.05 Å². The van der Waals surface area contributed by atoms with Gasteiger partial charge < -0.3 is 20.1 Å². The lowest BCUT2D eigenvalue weighted by Gasteiger charge is -2.17. The third kappa shape index (κ3) is 3.40. The molecular formula is C12H22N2O3. The van der Waals surface area contributed by atoms with Crippen LogP contribution in [-0.4, -0.2) is 51.5 Å². The van der Waals surface area contributed by atoms with Crippen LogP contribution in [0.4, 0.5) is 0 Å². The average molecular weight is 242 g/mol. The van der Waals surface area contributed by atoms with Gasteiger partial charge in [0.2, 0.25) is 5.91 Å². The standard InChI is InChI=1S/C12H22N2O3/c1-13-11-8-16-7-10(11)12(15)14-5-4-9-3-2-6-17-9/h9-11,13H,2-8H2,1H3,(H,14,15). The van der Waals surface area contributed by atoms with Crippen molar-refractivity contribution in [3.63, 3.8) is 0 Å². The smallest absolute Gasteiger partial charge is 0.227 e. The van der Waals surface area contributed by atoms with Gasteiger partial charge in [-0.1, -0.05) is 0 Å². The van der Waals surface area contributed by atoms with E-state index < -0.39 is 0 Å². The highest BCUT2D eigenvalue weighted by molar-refractivity contribution is 5.79. The Morgan fingerprint density at radius 3 is 3.00 bits per heavy atom. The van der Waals surface area contributed by atoms with Gasteiger partial charge in [-0.05, 0) is 26.3 Å². The Morgan fingerprint density at radius 1 is 1.41 bits per heavy atom. The summed E-state index contributed by atoms with van der Waals surface area (Å²) in [7, 11) is 1.87. The van der Waals surface area contributed by atoms with Gasteiger partial charge in [0.25, 0.3) is 0 Å². The number of nitrogens with one attached hydrogen (secondary N) is 2. The van der Waals surface area contributed by atoms with Crippen LogP contribution < -0.4 is 10.6 Å². The second-order valence-corrected chi connectivity index (χ2v) is 4.75. The fraction of sp³-hybridized carbons (Fsp3) is 0.917. The van der Waals surface area contributed by atoms with Crippen molar-refractivity contribution < 1.29 is 14.3 Å². The number of ether oxygens (including phenoxy) is 2. The molecule has 0 aliphatic carbocycles. The highest BCUT2D eigenvalue weighted by Gasteiger charge is 2.32. The second-order valence-electron chi connectivity index (χ2n) is 4.75. The van der Waals surface area contributed by atoms with E-state index in [1.165, 1.54) is 0 Å². The lowest BCUT2D eigenvalue weighted by atomic mass is 10.0. The van der Waals surface area contributed by atoms with Crippen molar-refractivity contribution in [2.24, 2.45) is 5.92 Å². The fourth-order valence-corrected chi connectivity index (χ4v) is 2.46. The number of carbonyl (C=O) groups excluding carboxylic acids is 1. The van der Waals surface area contributed by atoms with Crippen LogP contribution in [0.3, 0.4) is 0 Å². The van der Waals surface area contributed by atoms with E-state index in [2.05, 4.69) is 10.6 Å². The fourth-order valence-electron chi connectivity index (χ4n) is 2.46. The molecule has 0 spiro atoms. The average Bonchev–Trinajstić information content (AvgIpc) is 2.99. The summed E-state index contributed by atoms with van der Waals surface area (Å²) in [6.45, 7) is 2.73. The summed E-state index contributed by atoms with van der Waals surface area (Å²) < 4.78 is 10.8. The molecule has 2 aliphatic heterocycles. The van der Waals surface area contributed by atoms with Gasteiger partial charge in [0, 0.05) is 19.2 Å². The van der Waals surface area contributed by atoms with E-state index in [0.717, 1.165) is 25.9 Å². The first-order chi connectivity index (χ1) is 8.31. The van der Waals surface area contributed by atoms with Crippen LogP contribution in [0.2, 0.25) is 0 Å². The number of amides is 1. The second kappa shape index (κ2) is 6.33. The number of likely N-dealkylation sites (N-methyl/N-ethyl adjacent to an activating group) is 1. The van der Waals surface area contributed by atoms with E-state index in [-0.39, 0.29) is 17.9 Å². The van der Waals surface area contributed by atoms with Crippen molar-refractivity contribution in [2.75, 3.05) is 33.4 Å². The minimum absolute atomic E-state index is 0.0514. The third-order valence-electron chi connectivity index (χ3n) is 3.58. The molecule has 0 radical (unpaired) electrons. The predicted octanol–water partition coefficient (Wildman–Crippen LogP) is -0.0939. The number of hydrogen-bond donors (Lipinski definition) is 2. The SMILES string of the molecule is CNC1COCC1C(=O)NCCC1CCCO1. The molecule has 3 unspecified atom stereocenters. The molecule has 5 nitrogen and oxygen atoms in total. The molecule has 2 N–H and O–H groups in total. The zero-order chi connectivity index (χ0) is 12.1. The molecule has 3 atom stereocenters. The van der Waals surface area contributed by atoms with E-state index in [4.69, 9.17) is 9.47 Å². The summed E-state index contributed by atoms with van der Waals surface area (Å²) in [5.74, 6) is 0.0457. The molecular weight excluding hydrogens is 220 g/mol. The third-order valence-corrected chi connectivity index (χ3v) is 3.58. The normalized spacial score (nSPS) is 32.9. The predicted molar refractivity (Wildman–Crippen MR) is 63.8 cm³/mol. The van der Waals surface area contributed by atoms with Crippen LogP contribution in [0.25, 0.3) is 0 Å². The maximum Gasteiger partial charge on any atom is 0.227 e. The zero-order valence-corrected chi connectivity index (χ0v) is 10.4. The van der Waals surface area contributed by atoms with Gasteiger partial charge in [-0.25, -0.2) is 0 Å². The molecule has 0 bridgehead atoms. The molecule has 5 heteroatoms. The Labute approximate surface area is 102 Å². The van der Waals surface area contributed by atoms with E-state index in [1.54, 1.807) is 0 Å². The first-order valence-corrected chi connectivity index (χ1v) is 6.45. The molecule has 2 aliphatic rings. The molecule has 2 fully saturated rings. The van der Waals surface area contributed by atoms with Crippen LogP contribution in [0.1, 0.15) is 19.3 Å². The van der Waals surface area contributed by atoms with E-state index >= 15 is 0 Å².